The van der Waals surface area contributed by atoms with Crippen molar-refractivity contribution in [1.29, 1.82) is 0 Å². The number of aromatic nitrogens is 1. The minimum absolute atomic E-state index is 0. The first-order valence-electron chi connectivity index (χ1n) is 8.62. The summed E-state index contributed by atoms with van der Waals surface area (Å²) in [7, 11) is -3.68. The Bertz CT molecular complexity index is 995. The summed E-state index contributed by atoms with van der Waals surface area (Å²) in [6.45, 7) is 3.07. The predicted octanol–water partition coefficient (Wildman–Crippen LogP) is 3.50. The summed E-state index contributed by atoms with van der Waals surface area (Å²) in [6, 6.07) is 16.7. The molecule has 0 aliphatic carbocycles. The van der Waals surface area contributed by atoms with Gasteiger partial charge < -0.3 is 5.73 Å². The van der Waals surface area contributed by atoms with E-state index in [0.717, 1.165) is 11.1 Å². The van der Waals surface area contributed by atoms with Crippen molar-refractivity contribution in [3.05, 3.63) is 71.9 Å². The molecule has 0 amide bonds. The second-order valence-electron chi connectivity index (χ2n) is 6.25. The van der Waals surface area contributed by atoms with Crippen LogP contribution in [0, 0.1) is 6.92 Å². The lowest BCUT2D eigenvalue weighted by Crippen LogP contribution is -2.32. The maximum absolute atomic E-state index is 13.4. The highest BCUT2D eigenvalue weighted by Crippen LogP contribution is 2.27. The molecule has 0 fully saturated rings. The molecule has 27 heavy (non-hydrogen) atoms. The van der Waals surface area contributed by atoms with Gasteiger partial charge in [0.15, 0.2) is 0 Å². The smallest absolute Gasteiger partial charge is 0.244 e. The molecule has 5 nitrogen and oxygen atoms in total. The summed E-state index contributed by atoms with van der Waals surface area (Å²) in [5.41, 5.74) is 8.25. The number of hydrogen-bond donors (Lipinski definition) is 1. The second-order valence-corrected chi connectivity index (χ2v) is 8.15. The first kappa shape index (κ1) is 21.3. The molecule has 0 unspecified atom stereocenters. The first-order chi connectivity index (χ1) is 12.5. The fourth-order valence-electron chi connectivity index (χ4n) is 2.99. The highest BCUT2D eigenvalue weighted by molar-refractivity contribution is 7.89. The van der Waals surface area contributed by atoms with Gasteiger partial charge in [-0.1, -0.05) is 36.4 Å². The van der Waals surface area contributed by atoms with Gasteiger partial charge in [-0.25, -0.2) is 8.42 Å². The number of benzene rings is 2. The molecule has 0 saturated carbocycles. The van der Waals surface area contributed by atoms with Crippen LogP contribution in [0.25, 0.3) is 10.9 Å². The normalized spacial score (nSPS) is 11.5. The van der Waals surface area contributed by atoms with E-state index in [-0.39, 0.29) is 12.4 Å². The molecule has 1 aromatic heterocycles. The van der Waals surface area contributed by atoms with E-state index < -0.39 is 10.0 Å². The van der Waals surface area contributed by atoms with Crippen LogP contribution >= 0.6 is 12.4 Å². The molecule has 144 valence electrons. The Kier molecular flexibility index (Phi) is 7.33. The van der Waals surface area contributed by atoms with E-state index in [0.29, 0.717) is 41.9 Å². The Balaban J connectivity index is 0.00000261. The Hall–Kier alpha value is -1.99. The van der Waals surface area contributed by atoms with Crippen molar-refractivity contribution in [3.8, 4) is 0 Å². The fourth-order valence-corrected chi connectivity index (χ4v) is 4.64. The molecule has 1 heterocycles. The quantitative estimate of drug-likeness (QED) is 0.652. The average molecular weight is 406 g/mol. The topological polar surface area (TPSA) is 76.3 Å². The van der Waals surface area contributed by atoms with Crippen LogP contribution in [-0.2, 0) is 16.6 Å². The summed E-state index contributed by atoms with van der Waals surface area (Å²) in [5, 5.41) is 0.651. The van der Waals surface area contributed by atoms with Gasteiger partial charge in [-0.2, -0.15) is 4.31 Å². The van der Waals surface area contributed by atoms with Crippen molar-refractivity contribution < 1.29 is 8.42 Å². The molecule has 3 aromatic rings. The number of rotatable bonds is 7. The van der Waals surface area contributed by atoms with Crippen LogP contribution in [0.3, 0.4) is 0 Å². The molecule has 2 aromatic carbocycles. The number of nitrogens with zero attached hydrogens (tertiary/aromatic N) is 2. The van der Waals surface area contributed by atoms with Gasteiger partial charge in [-0.15, -0.1) is 12.4 Å². The maximum atomic E-state index is 13.4. The lowest BCUT2D eigenvalue weighted by Gasteiger charge is -2.23. The van der Waals surface area contributed by atoms with Crippen LogP contribution in [0.15, 0.2) is 65.7 Å². The lowest BCUT2D eigenvalue weighted by atomic mass is 10.1. The number of pyridine rings is 1. The molecular weight excluding hydrogens is 382 g/mol. The summed E-state index contributed by atoms with van der Waals surface area (Å²) in [5.74, 6) is 0. The molecule has 3 rings (SSSR count). The van der Waals surface area contributed by atoms with E-state index in [9.17, 15) is 8.42 Å². The third-order valence-corrected chi connectivity index (χ3v) is 6.27. The zero-order valence-electron chi connectivity index (χ0n) is 15.2. The van der Waals surface area contributed by atoms with E-state index in [2.05, 4.69) is 4.98 Å². The van der Waals surface area contributed by atoms with Crippen LogP contribution < -0.4 is 5.73 Å². The van der Waals surface area contributed by atoms with E-state index >= 15 is 0 Å². The minimum atomic E-state index is -3.68. The number of nitrogens with two attached hydrogens (primary N) is 1. The van der Waals surface area contributed by atoms with Crippen molar-refractivity contribution in [2.24, 2.45) is 5.73 Å². The predicted molar refractivity (Wildman–Crippen MR) is 111 cm³/mol. The van der Waals surface area contributed by atoms with E-state index in [4.69, 9.17) is 5.73 Å². The number of sulfonamides is 1. The largest absolute Gasteiger partial charge is 0.330 e. The summed E-state index contributed by atoms with van der Waals surface area (Å²) in [6.07, 6.45) is 2.29. The molecular formula is C20H24ClN3O2S. The molecule has 0 aliphatic heterocycles. The van der Waals surface area contributed by atoms with Crippen molar-refractivity contribution in [2.75, 3.05) is 13.1 Å². The van der Waals surface area contributed by atoms with E-state index in [1.807, 2.05) is 49.4 Å². The Morgan fingerprint density at radius 1 is 1.04 bits per heavy atom. The second kappa shape index (κ2) is 9.28. The third-order valence-electron chi connectivity index (χ3n) is 4.36. The number of hydrogen-bond acceptors (Lipinski definition) is 4. The lowest BCUT2D eigenvalue weighted by molar-refractivity contribution is 0.402. The molecule has 0 atom stereocenters. The van der Waals surface area contributed by atoms with Crippen molar-refractivity contribution in [1.82, 2.24) is 9.29 Å². The molecule has 0 aliphatic rings. The van der Waals surface area contributed by atoms with Gasteiger partial charge >= 0.3 is 0 Å². The third kappa shape index (κ3) is 4.65. The van der Waals surface area contributed by atoms with Gasteiger partial charge in [0.1, 0.15) is 0 Å². The van der Waals surface area contributed by atoms with Gasteiger partial charge in [-0.3, -0.25) is 4.98 Å². The van der Waals surface area contributed by atoms with Crippen LogP contribution in [0.2, 0.25) is 0 Å². The number of aryl methyl sites for hydroxylation is 1. The molecule has 0 bridgehead atoms. The van der Waals surface area contributed by atoms with Crippen LogP contribution in [0.5, 0.6) is 0 Å². The van der Waals surface area contributed by atoms with E-state index in [1.165, 1.54) is 4.31 Å². The minimum Gasteiger partial charge on any atom is -0.330 e. The molecule has 0 radical (unpaired) electrons. The number of halogens is 1. The Labute approximate surface area is 166 Å². The molecule has 2 N–H and O–H groups in total. The van der Waals surface area contributed by atoms with Gasteiger partial charge in [-0.05, 0) is 49.2 Å². The maximum Gasteiger partial charge on any atom is 0.244 e. The zero-order valence-corrected chi connectivity index (χ0v) is 16.8. The Morgan fingerprint density at radius 3 is 2.48 bits per heavy atom. The van der Waals surface area contributed by atoms with Gasteiger partial charge in [0, 0.05) is 24.7 Å². The van der Waals surface area contributed by atoms with E-state index in [1.54, 1.807) is 18.3 Å². The summed E-state index contributed by atoms with van der Waals surface area (Å²) >= 11 is 0. The molecule has 0 saturated heterocycles. The summed E-state index contributed by atoms with van der Waals surface area (Å²) < 4.78 is 28.4. The highest BCUT2D eigenvalue weighted by atomic mass is 35.5. The Morgan fingerprint density at radius 2 is 1.78 bits per heavy atom. The molecule has 7 heteroatoms. The van der Waals surface area contributed by atoms with Crippen molar-refractivity contribution >= 4 is 33.3 Å². The van der Waals surface area contributed by atoms with Gasteiger partial charge in [0.2, 0.25) is 10.0 Å². The monoisotopic (exact) mass is 405 g/mol. The average Bonchev–Trinajstić information content (AvgIpc) is 2.66. The van der Waals surface area contributed by atoms with Crippen molar-refractivity contribution in [3.63, 3.8) is 0 Å². The fraction of sp³-hybridized carbons (Fsp3) is 0.250. The van der Waals surface area contributed by atoms with Gasteiger partial charge in [0.05, 0.1) is 10.4 Å². The molecule has 0 spiro atoms. The van der Waals surface area contributed by atoms with Crippen LogP contribution in [-0.4, -0.2) is 30.8 Å². The SMILES string of the molecule is Cc1ccc(S(=O)(=O)N(CCCN)Cc2ccccc2)c2cccnc12.Cl. The van der Waals surface area contributed by atoms with Gasteiger partial charge in [0.25, 0.3) is 0 Å². The zero-order chi connectivity index (χ0) is 18.6. The van der Waals surface area contributed by atoms with Crippen molar-refractivity contribution in [2.45, 2.75) is 24.8 Å². The van der Waals surface area contributed by atoms with Crippen LogP contribution in [0.1, 0.15) is 17.5 Å². The first-order valence-corrected chi connectivity index (χ1v) is 10.1. The number of fused-ring (bicyclic) bond motifs is 1. The standard InChI is InChI=1S/C20H23N3O2S.ClH/c1-16-10-11-19(18-9-5-13-22-20(16)18)26(24,25)23(14-6-12-21)15-17-7-3-2-4-8-17;/h2-5,7-11,13H,6,12,14-15,21H2,1H3;1H. The van der Waals surface area contributed by atoms with Crippen LogP contribution in [0.4, 0.5) is 0 Å². The summed E-state index contributed by atoms with van der Waals surface area (Å²) in [4.78, 5) is 4.65. The highest BCUT2D eigenvalue weighted by Gasteiger charge is 2.26.